The molecule has 2 aromatic rings. The molecule has 1 amide bonds. The van der Waals surface area contributed by atoms with Gasteiger partial charge in [0.1, 0.15) is 18.2 Å². The summed E-state index contributed by atoms with van der Waals surface area (Å²) < 4.78 is 34.4. The van der Waals surface area contributed by atoms with E-state index in [-0.39, 0.29) is 16.9 Å². The summed E-state index contributed by atoms with van der Waals surface area (Å²) in [6.45, 7) is 4.30. The molecule has 0 atom stereocenters. The molecule has 0 spiro atoms. The maximum absolute atomic E-state index is 12.8. The van der Waals surface area contributed by atoms with E-state index in [1.807, 2.05) is 38.4 Å². The summed E-state index contributed by atoms with van der Waals surface area (Å²) >= 11 is 0. The van der Waals surface area contributed by atoms with Gasteiger partial charge in [-0.15, -0.1) is 0 Å². The fourth-order valence-electron chi connectivity index (χ4n) is 3.52. The van der Waals surface area contributed by atoms with Crippen LogP contribution in [0.15, 0.2) is 35.5 Å². The first kappa shape index (κ1) is 24.2. The van der Waals surface area contributed by atoms with Crippen molar-refractivity contribution in [3.8, 4) is 5.75 Å². The first-order chi connectivity index (χ1) is 15.2. The number of likely N-dealkylation sites (N-methyl/N-ethyl adjacent to an activating group) is 1. The van der Waals surface area contributed by atoms with E-state index in [9.17, 15) is 13.2 Å². The minimum Gasteiger partial charge on any atom is -0.492 e. The van der Waals surface area contributed by atoms with Crippen LogP contribution in [-0.2, 0) is 28.4 Å². The van der Waals surface area contributed by atoms with Crippen molar-refractivity contribution in [2.75, 3.05) is 40.3 Å². The summed E-state index contributed by atoms with van der Waals surface area (Å²) in [4.78, 5) is 18.8. The summed E-state index contributed by atoms with van der Waals surface area (Å²) in [5.74, 6) is 1.22. The predicted octanol–water partition coefficient (Wildman–Crippen LogP) is 1.39. The second-order valence-corrected chi connectivity index (χ2v) is 10.3. The fourth-order valence-corrected chi connectivity index (χ4v) is 5.02. The number of aromatic nitrogens is 2. The van der Waals surface area contributed by atoms with Gasteiger partial charge in [0, 0.05) is 45.3 Å². The average molecular weight is 464 g/mol. The van der Waals surface area contributed by atoms with E-state index in [4.69, 9.17) is 4.74 Å². The standard InChI is InChI=1S/C22H33N5O4S/c1-17-24-21(16-26(17)4)32(29,30)27-11-9-19(10-12-27)22(28)23-15-18-5-7-20(8-6-18)31-14-13-25(2)3/h5-8,16,19H,9-15H2,1-4H3,(H,23,28). The zero-order chi connectivity index (χ0) is 23.3. The Kier molecular flexibility index (Phi) is 7.91. The van der Waals surface area contributed by atoms with E-state index in [1.165, 1.54) is 10.5 Å². The third-order valence-corrected chi connectivity index (χ3v) is 7.48. The van der Waals surface area contributed by atoms with E-state index in [0.29, 0.717) is 44.9 Å². The minimum absolute atomic E-state index is 0.0398. The lowest BCUT2D eigenvalue weighted by Gasteiger charge is -2.29. The Balaban J connectivity index is 1.45. The van der Waals surface area contributed by atoms with Gasteiger partial charge < -0.3 is 19.5 Å². The normalized spacial score (nSPS) is 15.8. The van der Waals surface area contributed by atoms with Gasteiger partial charge in [0.2, 0.25) is 5.91 Å². The highest BCUT2D eigenvalue weighted by Crippen LogP contribution is 2.24. The monoisotopic (exact) mass is 463 g/mol. The second kappa shape index (κ2) is 10.5. The van der Waals surface area contributed by atoms with Gasteiger partial charge in [0.25, 0.3) is 10.0 Å². The number of imidazole rings is 1. The zero-order valence-electron chi connectivity index (χ0n) is 19.2. The number of nitrogens with zero attached hydrogens (tertiary/aromatic N) is 4. The van der Waals surface area contributed by atoms with Gasteiger partial charge in [-0.1, -0.05) is 12.1 Å². The van der Waals surface area contributed by atoms with Crippen LogP contribution in [0.5, 0.6) is 5.75 Å². The summed E-state index contributed by atoms with van der Waals surface area (Å²) in [7, 11) is 2.14. The van der Waals surface area contributed by atoms with E-state index in [1.54, 1.807) is 18.5 Å². The number of amides is 1. The average Bonchev–Trinajstić information content (AvgIpc) is 3.12. The number of sulfonamides is 1. The van der Waals surface area contributed by atoms with Gasteiger partial charge in [-0.2, -0.15) is 4.31 Å². The molecule has 10 heteroatoms. The van der Waals surface area contributed by atoms with Crippen LogP contribution in [0.25, 0.3) is 0 Å². The molecule has 0 saturated carbocycles. The van der Waals surface area contributed by atoms with E-state index in [0.717, 1.165) is 17.9 Å². The van der Waals surface area contributed by atoms with Gasteiger partial charge in [0.05, 0.1) is 0 Å². The SMILES string of the molecule is Cc1nc(S(=O)(=O)N2CCC(C(=O)NCc3ccc(OCCN(C)C)cc3)CC2)cn1C. The number of nitrogens with one attached hydrogen (secondary N) is 1. The van der Waals surface area contributed by atoms with Crippen LogP contribution in [-0.4, -0.2) is 73.4 Å². The van der Waals surface area contributed by atoms with Crippen molar-refractivity contribution in [2.24, 2.45) is 13.0 Å². The van der Waals surface area contributed by atoms with Crippen LogP contribution in [0, 0.1) is 12.8 Å². The third kappa shape index (κ3) is 6.08. The molecular formula is C22H33N5O4S. The molecule has 2 heterocycles. The van der Waals surface area contributed by atoms with Crippen LogP contribution in [0.1, 0.15) is 24.2 Å². The lowest BCUT2D eigenvalue weighted by atomic mass is 9.97. The number of aryl methyl sites for hydroxylation is 2. The maximum atomic E-state index is 12.8. The molecule has 0 aliphatic carbocycles. The topological polar surface area (TPSA) is 96.8 Å². The predicted molar refractivity (Wildman–Crippen MR) is 122 cm³/mol. The number of hydrogen-bond donors (Lipinski definition) is 1. The van der Waals surface area contributed by atoms with Crippen LogP contribution < -0.4 is 10.1 Å². The number of carbonyl (C=O) groups excluding carboxylic acids is 1. The van der Waals surface area contributed by atoms with Gasteiger partial charge in [-0.3, -0.25) is 4.79 Å². The van der Waals surface area contributed by atoms with Crippen molar-refractivity contribution in [1.29, 1.82) is 0 Å². The highest BCUT2D eigenvalue weighted by molar-refractivity contribution is 7.89. The number of ether oxygens (including phenoxy) is 1. The zero-order valence-corrected chi connectivity index (χ0v) is 20.1. The number of hydrogen-bond acceptors (Lipinski definition) is 6. The van der Waals surface area contributed by atoms with Crippen molar-refractivity contribution in [3.63, 3.8) is 0 Å². The van der Waals surface area contributed by atoms with Gasteiger partial charge in [0.15, 0.2) is 5.03 Å². The van der Waals surface area contributed by atoms with Crippen LogP contribution in [0.2, 0.25) is 0 Å². The molecule has 0 radical (unpaired) electrons. The lowest BCUT2D eigenvalue weighted by molar-refractivity contribution is -0.126. The van der Waals surface area contributed by atoms with E-state index >= 15 is 0 Å². The Morgan fingerprint density at radius 3 is 2.44 bits per heavy atom. The van der Waals surface area contributed by atoms with Gasteiger partial charge >= 0.3 is 0 Å². The number of benzene rings is 1. The first-order valence-corrected chi connectivity index (χ1v) is 12.2. The molecule has 3 rings (SSSR count). The fraction of sp³-hybridized carbons (Fsp3) is 0.545. The van der Waals surface area contributed by atoms with Crippen LogP contribution in [0.4, 0.5) is 0 Å². The molecule has 1 N–H and O–H groups in total. The number of rotatable bonds is 9. The lowest BCUT2D eigenvalue weighted by Crippen LogP contribution is -2.43. The Hall–Kier alpha value is -2.43. The highest BCUT2D eigenvalue weighted by atomic mass is 32.2. The van der Waals surface area contributed by atoms with Crippen molar-refractivity contribution >= 4 is 15.9 Å². The molecule has 1 aromatic heterocycles. The first-order valence-electron chi connectivity index (χ1n) is 10.8. The highest BCUT2D eigenvalue weighted by Gasteiger charge is 2.33. The van der Waals surface area contributed by atoms with Crippen molar-refractivity contribution < 1.29 is 17.9 Å². The van der Waals surface area contributed by atoms with E-state index < -0.39 is 10.0 Å². The number of carbonyl (C=O) groups is 1. The van der Waals surface area contributed by atoms with Crippen molar-refractivity contribution in [2.45, 2.75) is 31.3 Å². The Bertz CT molecular complexity index is 990. The molecule has 1 aliphatic heterocycles. The molecule has 1 fully saturated rings. The summed E-state index contributed by atoms with van der Waals surface area (Å²) in [5.41, 5.74) is 0.990. The largest absolute Gasteiger partial charge is 0.492 e. The smallest absolute Gasteiger partial charge is 0.262 e. The van der Waals surface area contributed by atoms with Gasteiger partial charge in [-0.25, -0.2) is 13.4 Å². The molecular weight excluding hydrogens is 430 g/mol. The minimum atomic E-state index is -3.63. The molecule has 1 aliphatic rings. The molecule has 9 nitrogen and oxygen atoms in total. The van der Waals surface area contributed by atoms with E-state index in [2.05, 4.69) is 15.2 Å². The number of piperidine rings is 1. The Morgan fingerprint density at radius 2 is 1.88 bits per heavy atom. The molecule has 1 saturated heterocycles. The summed E-state index contributed by atoms with van der Waals surface area (Å²) in [5, 5.41) is 3.04. The molecule has 32 heavy (non-hydrogen) atoms. The summed E-state index contributed by atoms with van der Waals surface area (Å²) in [6.07, 6.45) is 2.52. The molecule has 0 bridgehead atoms. The Labute approximate surface area is 190 Å². The van der Waals surface area contributed by atoms with Crippen molar-refractivity contribution in [3.05, 3.63) is 41.9 Å². The quantitative estimate of drug-likeness (QED) is 0.604. The molecule has 0 unspecified atom stereocenters. The van der Waals surface area contributed by atoms with Crippen LogP contribution >= 0.6 is 0 Å². The summed E-state index contributed by atoms with van der Waals surface area (Å²) in [6, 6.07) is 7.68. The van der Waals surface area contributed by atoms with Crippen LogP contribution in [0.3, 0.4) is 0 Å². The molecule has 1 aromatic carbocycles. The molecule has 176 valence electrons. The third-order valence-electron chi connectivity index (χ3n) is 5.71. The maximum Gasteiger partial charge on any atom is 0.262 e. The Morgan fingerprint density at radius 1 is 1.22 bits per heavy atom. The van der Waals surface area contributed by atoms with Gasteiger partial charge in [-0.05, 0) is 51.6 Å². The van der Waals surface area contributed by atoms with Crippen molar-refractivity contribution in [1.82, 2.24) is 24.1 Å². The second-order valence-electron chi connectivity index (χ2n) is 8.43.